The Morgan fingerprint density at radius 3 is 1.00 bits per heavy atom. The van der Waals surface area contributed by atoms with Crippen molar-refractivity contribution in [2.45, 2.75) is 90.9 Å². The third kappa shape index (κ3) is 36.9. The molecule has 0 fully saturated rings. The molecule has 0 aliphatic heterocycles. The summed E-state index contributed by atoms with van der Waals surface area (Å²) in [5, 5.41) is 0. The maximum absolute atomic E-state index is 10.2. The molecule has 0 atom stereocenters. The Labute approximate surface area is 195 Å². The molecule has 0 spiro atoms. The first-order valence-electron chi connectivity index (χ1n) is 8.99. The van der Waals surface area contributed by atoms with Gasteiger partial charge in [-0.1, -0.05) is 78.1 Å². The molecule has 25 heavy (non-hydrogen) atoms. The first-order valence-corrected chi connectivity index (χ1v) is 12.1. The van der Waals surface area contributed by atoms with E-state index in [4.69, 9.17) is 0 Å². The van der Waals surface area contributed by atoms with Gasteiger partial charge in [0.25, 0.3) is 0 Å². The van der Waals surface area contributed by atoms with E-state index in [1.54, 1.807) is 0 Å². The number of hydrogen-bond donors (Lipinski definition) is 0. The van der Waals surface area contributed by atoms with Gasteiger partial charge in [0.1, 0.15) is 0 Å². The fourth-order valence-corrected chi connectivity index (χ4v) is 3.23. The van der Waals surface area contributed by atoms with E-state index < -0.39 is 20.2 Å². The molecule has 0 aromatic rings. The van der Waals surface area contributed by atoms with Gasteiger partial charge >= 0.3 is 48.9 Å². The minimum absolute atomic E-state index is 0. The first kappa shape index (κ1) is 31.1. The van der Waals surface area contributed by atoms with Crippen molar-refractivity contribution in [1.82, 2.24) is 0 Å². The van der Waals surface area contributed by atoms with Crippen molar-refractivity contribution in [3.05, 3.63) is 0 Å². The van der Waals surface area contributed by atoms with Gasteiger partial charge in [0.2, 0.25) is 0 Å². The van der Waals surface area contributed by atoms with E-state index in [1.807, 2.05) is 0 Å². The van der Waals surface area contributed by atoms with E-state index in [-0.39, 0.29) is 60.4 Å². The van der Waals surface area contributed by atoms with Gasteiger partial charge in [0.05, 0.1) is 20.2 Å². The molecule has 0 saturated heterocycles. The summed E-state index contributed by atoms with van der Waals surface area (Å²) in [7, 11) is -7.93. The summed E-state index contributed by atoms with van der Waals surface area (Å²) >= 11 is 0. The average molecular weight is 524 g/mol. The van der Waals surface area contributed by atoms with Gasteiger partial charge in [-0.25, -0.2) is 16.8 Å². The molecule has 0 aliphatic rings. The van der Waals surface area contributed by atoms with E-state index in [2.05, 4.69) is 13.8 Å². The van der Waals surface area contributed by atoms with Gasteiger partial charge in [-0.05, 0) is 12.8 Å². The van der Waals surface area contributed by atoms with Crippen LogP contribution in [-0.2, 0) is 20.2 Å². The Bertz CT molecular complexity index is 419. The van der Waals surface area contributed by atoms with E-state index in [9.17, 15) is 25.9 Å². The molecular weight excluding hydrogens is 490 g/mol. The van der Waals surface area contributed by atoms with Crippen LogP contribution < -0.4 is 0 Å². The van der Waals surface area contributed by atoms with Crippen LogP contribution in [0.1, 0.15) is 90.9 Å². The van der Waals surface area contributed by atoms with Crippen LogP contribution >= 0.6 is 0 Å². The second kappa shape index (κ2) is 20.1. The number of unbranched alkanes of at least 4 members (excludes halogenated alkanes) is 10. The topological polar surface area (TPSA) is 114 Å². The van der Waals surface area contributed by atoms with E-state index in [0.29, 0.717) is 12.8 Å². The fourth-order valence-electron chi connectivity index (χ4n) is 2.12. The van der Waals surface area contributed by atoms with Gasteiger partial charge in [0.15, 0.2) is 0 Å². The molecule has 0 heterocycles. The molecule has 0 unspecified atom stereocenters. The van der Waals surface area contributed by atoms with Crippen molar-refractivity contribution >= 4 is 69.1 Å². The van der Waals surface area contributed by atoms with Crippen LogP contribution in [-0.4, -0.2) is 86.3 Å². The van der Waals surface area contributed by atoms with Crippen LogP contribution in [0.3, 0.4) is 0 Å². The molecule has 0 aliphatic carbocycles. The Kier molecular flexibility index (Phi) is 25.0. The molecule has 0 radical (unpaired) electrons. The standard InChI is InChI=1S/2C8H18O3S.Ba/c2*1-2-3-4-5-6-7-8-12(9,10)11;/h2*2-8H2,1H3,(H,9,10,11);/q;;+2/p-2. The zero-order valence-electron chi connectivity index (χ0n) is 15.9. The summed E-state index contributed by atoms with van der Waals surface area (Å²) in [5.41, 5.74) is 0. The minimum atomic E-state index is -3.97. The Balaban J connectivity index is -0.000000372. The summed E-state index contributed by atoms with van der Waals surface area (Å²) in [4.78, 5) is 0. The fraction of sp³-hybridized carbons (Fsp3) is 1.00. The van der Waals surface area contributed by atoms with Crippen molar-refractivity contribution in [1.29, 1.82) is 0 Å². The van der Waals surface area contributed by atoms with Gasteiger partial charge in [0, 0.05) is 11.5 Å². The summed E-state index contributed by atoms with van der Waals surface area (Å²) in [6, 6.07) is 0. The average Bonchev–Trinajstić information content (AvgIpc) is 2.45. The second-order valence-corrected chi connectivity index (χ2v) is 9.11. The van der Waals surface area contributed by atoms with Crippen molar-refractivity contribution in [3.8, 4) is 0 Å². The molecular formula is C16H34BaO6S2. The number of rotatable bonds is 14. The van der Waals surface area contributed by atoms with Crippen molar-refractivity contribution in [3.63, 3.8) is 0 Å². The van der Waals surface area contributed by atoms with Crippen LogP contribution in [0.25, 0.3) is 0 Å². The van der Waals surface area contributed by atoms with Crippen LogP contribution in [0.2, 0.25) is 0 Å². The zero-order valence-corrected chi connectivity index (χ0v) is 21.9. The van der Waals surface area contributed by atoms with Crippen LogP contribution in [0.15, 0.2) is 0 Å². The van der Waals surface area contributed by atoms with Gasteiger partial charge in [-0.2, -0.15) is 0 Å². The summed E-state index contributed by atoms with van der Waals surface area (Å²) < 4.78 is 61.0. The Hall–Kier alpha value is 1.39. The van der Waals surface area contributed by atoms with Gasteiger partial charge in [-0.15, -0.1) is 0 Å². The van der Waals surface area contributed by atoms with Gasteiger partial charge < -0.3 is 9.11 Å². The first-order chi connectivity index (χ1) is 11.1. The predicted octanol–water partition coefficient (Wildman–Crippen LogP) is 3.40. The molecule has 0 N–H and O–H groups in total. The number of hydrogen-bond acceptors (Lipinski definition) is 6. The van der Waals surface area contributed by atoms with Crippen LogP contribution in [0.5, 0.6) is 0 Å². The SMILES string of the molecule is CCCCCCCCS(=O)(=O)[O-].CCCCCCCCS(=O)(=O)[O-].[Ba+2]. The smallest absolute Gasteiger partial charge is 0.748 e. The minimum Gasteiger partial charge on any atom is -0.748 e. The van der Waals surface area contributed by atoms with Crippen molar-refractivity contribution < 1.29 is 25.9 Å². The third-order valence-corrected chi connectivity index (χ3v) is 5.07. The quantitative estimate of drug-likeness (QED) is 0.196. The van der Waals surface area contributed by atoms with Gasteiger partial charge in [-0.3, -0.25) is 0 Å². The molecule has 6 nitrogen and oxygen atoms in total. The van der Waals surface area contributed by atoms with E-state index >= 15 is 0 Å². The predicted molar refractivity (Wildman–Crippen MR) is 102 cm³/mol. The van der Waals surface area contributed by atoms with E-state index in [1.165, 1.54) is 25.7 Å². The summed E-state index contributed by atoms with van der Waals surface area (Å²) in [6.07, 6.45) is 11.9. The maximum Gasteiger partial charge on any atom is 2.00 e. The molecule has 0 rings (SSSR count). The molecule has 0 bridgehead atoms. The largest absolute Gasteiger partial charge is 2.00 e. The maximum atomic E-state index is 10.2. The van der Waals surface area contributed by atoms with Crippen LogP contribution in [0, 0.1) is 0 Å². The van der Waals surface area contributed by atoms with Crippen molar-refractivity contribution in [2.24, 2.45) is 0 Å². The van der Waals surface area contributed by atoms with E-state index in [0.717, 1.165) is 38.5 Å². The molecule has 148 valence electrons. The van der Waals surface area contributed by atoms with Crippen molar-refractivity contribution in [2.75, 3.05) is 11.5 Å². The summed E-state index contributed by atoms with van der Waals surface area (Å²) in [5.74, 6) is -0.391. The van der Waals surface area contributed by atoms with Crippen LogP contribution in [0.4, 0.5) is 0 Å². The molecule has 0 amide bonds. The molecule has 9 heteroatoms. The molecule has 0 aromatic heterocycles. The monoisotopic (exact) mass is 524 g/mol. The Morgan fingerprint density at radius 2 is 0.760 bits per heavy atom. The normalized spacial score (nSPS) is 11.4. The zero-order chi connectivity index (χ0) is 18.9. The second-order valence-electron chi connectivity index (χ2n) is 6.06. The molecule has 0 saturated carbocycles. The Morgan fingerprint density at radius 1 is 0.520 bits per heavy atom. The third-order valence-electron chi connectivity index (χ3n) is 3.50. The molecule has 0 aromatic carbocycles. The summed E-state index contributed by atoms with van der Waals surface area (Å²) in [6.45, 7) is 4.25.